The Balaban J connectivity index is 2.34. The van der Waals surface area contributed by atoms with Crippen LogP contribution < -0.4 is 10.5 Å². The number of nitrogens with one attached hydrogen (secondary N) is 1. The maximum Gasteiger partial charge on any atom is 0.250 e. The largest absolute Gasteiger partial charge is 0.366 e. The average molecular weight is 351 g/mol. The molecule has 1 amide bonds. The second kappa shape index (κ2) is 6.52. The van der Waals surface area contributed by atoms with Crippen molar-refractivity contribution in [1.29, 1.82) is 0 Å². The van der Waals surface area contributed by atoms with E-state index in [-0.39, 0.29) is 26.5 Å². The molecule has 2 rings (SSSR count). The van der Waals surface area contributed by atoms with Crippen molar-refractivity contribution in [3.63, 3.8) is 0 Å². The molecular formula is C13H16Cl2N2O3S. The van der Waals surface area contributed by atoms with E-state index in [0.29, 0.717) is 0 Å². The molecule has 116 valence electrons. The molecule has 1 aliphatic rings. The van der Waals surface area contributed by atoms with E-state index in [1.807, 2.05) is 0 Å². The first kappa shape index (κ1) is 16.5. The van der Waals surface area contributed by atoms with Gasteiger partial charge in [0.2, 0.25) is 15.9 Å². The SMILES string of the molecule is NC(=O)c1cc(S(=O)(=O)NC2CCCCC2)c(Cl)cc1Cl. The van der Waals surface area contributed by atoms with Crippen molar-refractivity contribution in [2.45, 2.75) is 43.0 Å². The summed E-state index contributed by atoms with van der Waals surface area (Å²) < 4.78 is 27.5. The van der Waals surface area contributed by atoms with Crippen molar-refractivity contribution in [3.05, 3.63) is 27.7 Å². The van der Waals surface area contributed by atoms with Crippen LogP contribution in [0.3, 0.4) is 0 Å². The molecule has 0 bridgehead atoms. The molecule has 0 spiro atoms. The topological polar surface area (TPSA) is 89.3 Å². The second-order valence-corrected chi connectivity index (χ2v) is 7.58. The van der Waals surface area contributed by atoms with E-state index in [9.17, 15) is 13.2 Å². The standard InChI is InChI=1S/C13H16Cl2N2O3S/c14-10-7-11(15)12(6-9(10)13(16)18)21(19,20)17-8-4-2-1-3-5-8/h6-8,17H,1-5H2,(H2,16,18). The van der Waals surface area contributed by atoms with Gasteiger partial charge >= 0.3 is 0 Å². The molecule has 1 aliphatic carbocycles. The number of benzene rings is 1. The summed E-state index contributed by atoms with van der Waals surface area (Å²) in [5.74, 6) is -0.800. The van der Waals surface area contributed by atoms with Crippen LogP contribution in [0.2, 0.25) is 10.0 Å². The van der Waals surface area contributed by atoms with Crippen LogP contribution in [0, 0.1) is 0 Å². The number of carbonyl (C=O) groups is 1. The number of rotatable bonds is 4. The van der Waals surface area contributed by atoms with Crippen molar-refractivity contribution < 1.29 is 13.2 Å². The zero-order valence-corrected chi connectivity index (χ0v) is 13.6. The van der Waals surface area contributed by atoms with Crippen molar-refractivity contribution in [1.82, 2.24) is 4.72 Å². The van der Waals surface area contributed by atoms with Crippen molar-refractivity contribution >= 4 is 39.1 Å². The van der Waals surface area contributed by atoms with Crippen molar-refractivity contribution in [2.24, 2.45) is 5.73 Å². The third-order valence-electron chi connectivity index (χ3n) is 3.50. The number of sulfonamides is 1. The second-order valence-electron chi connectivity index (χ2n) is 5.08. The Kier molecular flexibility index (Phi) is 5.14. The third kappa shape index (κ3) is 3.88. The molecule has 0 heterocycles. The quantitative estimate of drug-likeness (QED) is 0.874. The smallest absolute Gasteiger partial charge is 0.250 e. The summed E-state index contributed by atoms with van der Waals surface area (Å²) in [6, 6.07) is 2.24. The molecule has 0 aromatic heterocycles. The Labute approximate surface area is 133 Å². The molecular weight excluding hydrogens is 335 g/mol. The summed E-state index contributed by atoms with van der Waals surface area (Å²) in [4.78, 5) is 11.1. The van der Waals surface area contributed by atoms with Gasteiger partial charge in [-0.2, -0.15) is 0 Å². The molecule has 0 unspecified atom stereocenters. The van der Waals surface area contributed by atoms with Gasteiger partial charge in [0.15, 0.2) is 0 Å². The van der Waals surface area contributed by atoms with E-state index in [1.54, 1.807) is 0 Å². The number of nitrogens with two attached hydrogens (primary N) is 1. The normalized spacial score (nSPS) is 16.9. The summed E-state index contributed by atoms with van der Waals surface area (Å²) in [6.07, 6.45) is 4.70. The summed E-state index contributed by atoms with van der Waals surface area (Å²) in [5.41, 5.74) is 5.11. The number of hydrogen-bond acceptors (Lipinski definition) is 3. The molecule has 5 nitrogen and oxygen atoms in total. The van der Waals surface area contributed by atoms with Crippen LogP contribution >= 0.6 is 23.2 Å². The fourth-order valence-corrected chi connectivity index (χ4v) is 4.60. The van der Waals surface area contributed by atoms with Crippen LogP contribution in [0.1, 0.15) is 42.5 Å². The van der Waals surface area contributed by atoms with Crippen molar-refractivity contribution in [2.75, 3.05) is 0 Å². The average Bonchev–Trinajstić information content (AvgIpc) is 2.38. The van der Waals surface area contributed by atoms with E-state index in [2.05, 4.69) is 4.72 Å². The maximum atomic E-state index is 12.4. The number of hydrogen-bond donors (Lipinski definition) is 2. The number of halogens is 2. The number of amides is 1. The monoisotopic (exact) mass is 350 g/mol. The molecule has 1 aromatic carbocycles. The molecule has 0 saturated heterocycles. The van der Waals surface area contributed by atoms with Gasteiger partial charge in [-0.1, -0.05) is 42.5 Å². The summed E-state index contributed by atoms with van der Waals surface area (Å²) in [5, 5.41) is -0.00238. The fourth-order valence-electron chi connectivity index (χ4n) is 2.43. The van der Waals surface area contributed by atoms with Crippen LogP contribution in [-0.2, 0) is 10.0 Å². The molecule has 0 aliphatic heterocycles. The fraction of sp³-hybridized carbons (Fsp3) is 0.462. The van der Waals surface area contributed by atoms with Crippen molar-refractivity contribution in [3.8, 4) is 0 Å². The van der Waals surface area contributed by atoms with Crippen LogP contribution in [0.5, 0.6) is 0 Å². The Morgan fingerprint density at radius 3 is 2.33 bits per heavy atom. The lowest BCUT2D eigenvalue weighted by molar-refractivity contribution is 0.1000. The first-order valence-electron chi connectivity index (χ1n) is 6.62. The maximum absolute atomic E-state index is 12.4. The van der Waals surface area contributed by atoms with Crippen LogP contribution in [0.25, 0.3) is 0 Å². The first-order chi connectivity index (χ1) is 9.81. The minimum absolute atomic E-state index is 0.0316. The summed E-state index contributed by atoms with van der Waals surface area (Å²) >= 11 is 11.8. The molecule has 0 atom stereocenters. The lowest BCUT2D eigenvalue weighted by Gasteiger charge is -2.23. The Morgan fingerprint density at radius 1 is 1.14 bits per heavy atom. The van der Waals surface area contributed by atoms with Gasteiger partial charge in [0.1, 0.15) is 4.90 Å². The lowest BCUT2D eigenvalue weighted by atomic mass is 9.96. The highest BCUT2D eigenvalue weighted by molar-refractivity contribution is 7.89. The molecule has 0 radical (unpaired) electrons. The number of carbonyl (C=O) groups excluding carboxylic acids is 1. The summed E-state index contributed by atoms with van der Waals surface area (Å²) in [6.45, 7) is 0. The zero-order valence-electron chi connectivity index (χ0n) is 11.2. The molecule has 8 heteroatoms. The Bertz CT molecular complexity index is 656. The molecule has 21 heavy (non-hydrogen) atoms. The predicted octanol–water partition coefficient (Wildman–Crippen LogP) is 2.70. The minimum Gasteiger partial charge on any atom is -0.366 e. The van der Waals surface area contributed by atoms with Gasteiger partial charge < -0.3 is 5.73 Å². The minimum atomic E-state index is -3.81. The highest BCUT2D eigenvalue weighted by atomic mass is 35.5. The van der Waals surface area contributed by atoms with Crippen LogP contribution in [-0.4, -0.2) is 20.4 Å². The molecule has 1 aromatic rings. The van der Waals surface area contributed by atoms with Gasteiger partial charge in [0, 0.05) is 6.04 Å². The van der Waals surface area contributed by atoms with Gasteiger partial charge in [0.25, 0.3) is 0 Å². The number of primary amides is 1. The summed E-state index contributed by atoms with van der Waals surface area (Å²) in [7, 11) is -3.81. The third-order valence-corrected chi connectivity index (χ3v) is 5.80. The van der Waals surface area contributed by atoms with Crippen LogP contribution in [0.15, 0.2) is 17.0 Å². The molecule has 3 N–H and O–H groups in total. The van der Waals surface area contributed by atoms with E-state index in [0.717, 1.165) is 38.2 Å². The van der Waals surface area contributed by atoms with E-state index >= 15 is 0 Å². The van der Waals surface area contributed by atoms with Gasteiger partial charge in [0.05, 0.1) is 15.6 Å². The van der Waals surface area contributed by atoms with Gasteiger partial charge in [-0.25, -0.2) is 13.1 Å². The van der Waals surface area contributed by atoms with Crippen LogP contribution in [0.4, 0.5) is 0 Å². The predicted molar refractivity (Wildman–Crippen MR) is 82.2 cm³/mol. The highest BCUT2D eigenvalue weighted by Crippen LogP contribution is 2.29. The van der Waals surface area contributed by atoms with E-state index < -0.39 is 15.9 Å². The van der Waals surface area contributed by atoms with Gasteiger partial charge in [-0.05, 0) is 25.0 Å². The Morgan fingerprint density at radius 2 is 1.76 bits per heavy atom. The van der Waals surface area contributed by atoms with Gasteiger partial charge in [-0.3, -0.25) is 4.79 Å². The van der Waals surface area contributed by atoms with E-state index in [1.165, 1.54) is 6.07 Å². The van der Waals surface area contributed by atoms with Gasteiger partial charge in [-0.15, -0.1) is 0 Å². The molecule has 1 fully saturated rings. The Hall–Kier alpha value is -0.820. The van der Waals surface area contributed by atoms with E-state index in [4.69, 9.17) is 28.9 Å². The highest BCUT2D eigenvalue weighted by Gasteiger charge is 2.25. The first-order valence-corrected chi connectivity index (χ1v) is 8.86. The molecule has 1 saturated carbocycles. The lowest BCUT2D eigenvalue weighted by Crippen LogP contribution is -2.36. The zero-order chi connectivity index (χ0) is 15.6.